The number of hydrogen-bond acceptors (Lipinski definition) is 4. The molecule has 2 fully saturated rings. The fourth-order valence-corrected chi connectivity index (χ4v) is 3.93. The van der Waals surface area contributed by atoms with Gasteiger partial charge in [0.05, 0.1) is 0 Å². The highest BCUT2D eigenvalue weighted by Crippen LogP contribution is 2.27. The SMILES string of the molecule is CC(NC(=O)C[C@@H]1CCC[C@H]1N)C(=O)Nc1cccc(N2CCCC2)c1. The number of carbonyl (C=O) groups excluding carboxylic acids is 2. The summed E-state index contributed by atoms with van der Waals surface area (Å²) in [6.45, 7) is 3.84. The second kappa shape index (κ2) is 8.54. The first-order valence-electron chi connectivity index (χ1n) is 9.74. The molecule has 142 valence electrons. The lowest BCUT2D eigenvalue weighted by Gasteiger charge is -2.20. The maximum Gasteiger partial charge on any atom is 0.246 e. The Hall–Kier alpha value is -2.08. The van der Waals surface area contributed by atoms with E-state index in [2.05, 4.69) is 21.6 Å². The molecule has 0 radical (unpaired) electrons. The first kappa shape index (κ1) is 18.7. The molecule has 1 aliphatic carbocycles. The van der Waals surface area contributed by atoms with Crippen LogP contribution in [0, 0.1) is 5.92 Å². The molecular weight excluding hydrogens is 328 g/mol. The lowest BCUT2D eigenvalue weighted by Crippen LogP contribution is -2.43. The maximum absolute atomic E-state index is 12.4. The Bertz CT molecular complexity index is 642. The van der Waals surface area contributed by atoms with Gasteiger partial charge in [-0.25, -0.2) is 0 Å². The smallest absolute Gasteiger partial charge is 0.246 e. The molecule has 1 aromatic carbocycles. The number of benzene rings is 1. The van der Waals surface area contributed by atoms with Crippen LogP contribution in [0.5, 0.6) is 0 Å². The number of anilines is 2. The second-order valence-corrected chi connectivity index (χ2v) is 7.58. The highest BCUT2D eigenvalue weighted by atomic mass is 16.2. The summed E-state index contributed by atoms with van der Waals surface area (Å²) in [5.41, 5.74) is 7.92. The summed E-state index contributed by atoms with van der Waals surface area (Å²) in [6.07, 6.45) is 5.90. The number of nitrogens with zero attached hydrogens (tertiary/aromatic N) is 1. The van der Waals surface area contributed by atoms with Crippen LogP contribution in [0.2, 0.25) is 0 Å². The Morgan fingerprint density at radius 2 is 2.00 bits per heavy atom. The van der Waals surface area contributed by atoms with E-state index in [9.17, 15) is 9.59 Å². The summed E-state index contributed by atoms with van der Waals surface area (Å²) in [4.78, 5) is 26.9. The Kier molecular flexibility index (Phi) is 6.14. The van der Waals surface area contributed by atoms with E-state index in [-0.39, 0.29) is 23.8 Å². The molecule has 26 heavy (non-hydrogen) atoms. The normalized spacial score (nSPS) is 23.7. The van der Waals surface area contributed by atoms with Crippen LogP contribution >= 0.6 is 0 Å². The van der Waals surface area contributed by atoms with Crippen LogP contribution in [0.4, 0.5) is 11.4 Å². The first-order valence-corrected chi connectivity index (χ1v) is 9.74. The van der Waals surface area contributed by atoms with Gasteiger partial charge in [0.15, 0.2) is 0 Å². The minimum absolute atomic E-state index is 0.0965. The van der Waals surface area contributed by atoms with E-state index in [1.807, 2.05) is 18.2 Å². The average Bonchev–Trinajstić information content (AvgIpc) is 3.27. The predicted molar refractivity (Wildman–Crippen MR) is 104 cm³/mol. The Balaban J connectivity index is 1.50. The summed E-state index contributed by atoms with van der Waals surface area (Å²) >= 11 is 0. The number of amides is 2. The topological polar surface area (TPSA) is 87.5 Å². The Labute approximate surface area is 155 Å². The van der Waals surface area contributed by atoms with Gasteiger partial charge < -0.3 is 21.3 Å². The molecule has 1 saturated heterocycles. The van der Waals surface area contributed by atoms with Gasteiger partial charge in [-0.1, -0.05) is 12.5 Å². The van der Waals surface area contributed by atoms with Gasteiger partial charge in [0.2, 0.25) is 11.8 Å². The summed E-state index contributed by atoms with van der Waals surface area (Å²) in [5.74, 6) is -0.0594. The zero-order valence-corrected chi connectivity index (χ0v) is 15.5. The molecule has 1 saturated carbocycles. The van der Waals surface area contributed by atoms with Gasteiger partial charge in [0.1, 0.15) is 6.04 Å². The summed E-state index contributed by atoms with van der Waals surface area (Å²) in [6, 6.07) is 7.43. The van der Waals surface area contributed by atoms with Crippen molar-refractivity contribution in [2.24, 2.45) is 11.7 Å². The van der Waals surface area contributed by atoms with Crippen molar-refractivity contribution >= 4 is 23.2 Å². The lowest BCUT2D eigenvalue weighted by molar-refractivity contribution is -0.126. The maximum atomic E-state index is 12.4. The van der Waals surface area contributed by atoms with Crippen LogP contribution < -0.4 is 21.3 Å². The van der Waals surface area contributed by atoms with E-state index in [1.165, 1.54) is 12.8 Å². The number of nitrogens with one attached hydrogen (secondary N) is 2. The molecule has 0 aromatic heterocycles. The van der Waals surface area contributed by atoms with E-state index in [4.69, 9.17) is 5.73 Å². The van der Waals surface area contributed by atoms with Crippen LogP contribution in [0.25, 0.3) is 0 Å². The fourth-order valence-electron chi connectivity index (χ4n) is 3.93. The Morgan fingerprint density at radius 3 is 2.69 bits per heavy atom. The molecule has 2 amide bonds. The third-order valence-electron chi connectivity index (χ3n) is 5.52. The predicted octanol–water partition coefficient (Wildman–Crippen LogP) is 2.25. The van der Waals surface area contributed by atoms with Crippen molar-refractivity contribution in [3.8, 4) is 0 Å². The minimum Gasteiger partial charge on any atom is -0.371 e. The van der Waals surface area contributed by atoms with Crippen molar-refractivity contribution in [3.05, 3.63) is 24.3 Å². The standard InChI is InChI=1S/C20H30N4O2/c1-14(22-19(25)12-15-6-4-9-18(15)21)20(26)23-16-7-5-8-17(13-16)24-10-2-3-11-24/h5,7-8,13-15,18H,2-4,6,9-12,21H2,1H3,(H,22,25)(H,23,26)/t14?,15-,18+/m0/s1. The molecule has 1 aliphatic heterocycles. The van der Waals surface area contributed by atoms with Crippen molar-refractivity contribution in [3.63, 3.8) is 0 Å². The lowest BCUT2D eigenvalue weighted by atomic mass is 10.00. The summed E-state index contributed by atoms with van der Waals surface area (Å²) in [5, 5.41) is 5.71. The summed E-state index contributed by atoms with van der Waals surface area (Å²) < 4.78 is 0. The summed E-state index contributed by atoms with van der Waals surface area (Å²) in [7, 11) is 0. The van der Waals surface area contributed by atoms with Crippen molar-refractivity contribution in [2.75, 3.05) is 23.3 Å². The minimum atomic E-state index is -0.574. The molecule has 4 N–H and O–H groups in total. The molecule has 0 bridgehead atoms. The van der Waals surface area contributed by atoms with E-state index >= 15 is 0 Å². The van der Waals surface area contributed by atoms with Gasteiger partial charge in [0, 0.05) is 36.9 Å². The number of rotatable bonds is 6. The molecule has 6 nitrogen and oxygen atoms in total. The monoisotopic (exact) mass is 358 g/mol. The molecular formula is C20H30N4O2. The molecule has 0 spiro atoms. The van der Waals surface area contributed by atoms with Crippen molar-refractivity contribution in [1.29, 1.82) is 0 Å². The van der Waals surface area contributed by atoms with Crippen LogP contribution in [0.15, 0.2) is 24.3 Å². The second-order valence-electron chi connectivity index (χ2n) is 7.58. The van der Waals surface area contributed by atoms with Gasteiger partial charge in [-0.3, -0.25) is 9.59 Å². The zero-order valence-electron chi connectivity index (χ0n) is 15.5. The van der Waals surface area contributed by atoms with E-state index < -0.39 is 6.04 Å². The third-order valence-corrected chi connectivity index (χ3v) is 5.52. The van der Waals surface area contributed by atoms with E-state index in [0.29, 0.717) is 6.42 Å². The van der Waals surface area contributed by atoms with Crippen LogP contribution in [-0.2, 0) is 9.59 Å². The van der Waals surface area contributed by atoms with Crippen LogP contribution in [-0.4, -0.2) is 37.0 Å². The van der Waals surface area contributed by atoms with E-state index in [1.54, 1.807) is 6.92 Å². The Morgan fingerprint density at radius 1 is 1.23 bits per heavy atom. The molecule has 3 rings (SSSR count). The number of hydrogen-bond donors (Lipinski definition) is 3. The largest absolute Gasteiger partial charge is 0.371 e. The van der Waals surface area contributed by atoms with Gasteiger partial charge in [-0.2, -0.15) is 0 Å². The van der Waals surface area contributed by atoms with Gasteiger partial charge in [-0.15, -0.1) is 0 Å². The average molecular weight is 358 g/mol. The molecule has 1 aromatic rings. The zero-order chi connectivity index (χ0) is 18.5. The van der Waals surface area contributed by atoms with Crippen molar-refractivity contribution in [1.82, 2.24) is 5.32 Å². The fraction of sp³-hybridized carbons (Fsp3) is 0.600. The van der Waals surface area contributed by atoms with Gasteiger partial charge in [0.25, 0.3) is 0 Å². The molecule has 6 heteroatoms. The third kappa shape index (κ3) is 4.75. The number of nitrogens with two attached hydrogens (primary N) is 1. The van der Waals surface area contributed by atoms with Crippen molar-refractivity contribution in [2.45, 2.75) is 57.5 Å². The molecule has 2 aliphatic rings. The van der Waals surface area contributed by atoms with Gasteiger partial charge in [-0.05, 0) is 56.7 Å². The van der Waals surface area contributed by atoms with Gasteiger partial charge >= 0.3 is 0 Å². The molecule has 3 atom stereocenters. The highest BCUT2D eigenvalue weighted by Gasteiger charge is 2.27. The quantitative estimate of drug-likeness (QED) is 0.728. The van der Waals surface area contributed by atoms with Crippen LogP contribution in [0.3, 0.4) is 0 Å². The van der Waals surface area contributed by atoms with E-state index in [0.717, 1.165) is 43.7 Å². The van der Waals surface area contributed by atoms with Crippen molar-refractivity contribution < 1.29 is 9.59 Å². The first-order chi connectivity index (χ1) is 12.5. The molecule has 1 unspecified atom stereocenters. The van der Waals surface area contributed by atoms with Crippen LogP contribution in [0.1, 0.15) is 45.4 Å². The number of carbonyl (C=O) groups is 2. The molecule has 1 heterocycles. The highest BCUT2D eigenvalue weighted by molar-refractivity contribution is 5.97.